The van der Waals surface area contributed by atoms with Gasteiger partial charge in [0.05, 0.1) is 18.6 Å². The average Bonchev–Trinajstić information content (AvgIpc) is 2.89. The summed E-state index contributed by atoms with van der Waals surface area (Å²) in [6, 6.07) is 22.0. The highest BCUT2D eigenvalue weighted by molar-refractivity contribution is 7.92. The molecule has 0 heterocycles. The molecule has 3 rings (SSSR count). The Bertz CT molecular complexity index is 1400. The maximum Gasteiger partial charge on any atom is 0.244 e. The minimum absolute atomic E-state index is 0.0487. The van der Waals surface area contributed by atoms with Crippen molar-refractivity contribution in [1.29, 1.82) is 0 Å². The van der Waals surface area contributed by atoms with Crippen LogP contribution >= 0.6 is 11.6 Å². The summed E-state index contributed by atoms with van der Waals surface area (Å²) in [5, 5.41) is 3.41. The molecular weight excluding hydrogens is 550 g/mol. The number of amides is 2. The third-order valence-corrected chi connectivity index (χ3v) is 7.42. The van der Waals surface area contributed by atoms with Crippen molar-refractivity contribution >= 4 is 39.1 Å². The van der Waals surface area contributed by atoms with E-state index in [9.17, 15) is 18.0 Å². The molecule has 8 nitrogen and oxygen atoms in total. The summed E-state index contributed by atoms with van der Waals surface area (Å²) in [4.78, 5) is 29.1. The number of halogens is 1. The number of carbonyl (C=O) groups is 2. The number of hydrogen-bond acceptors (Lipinski definition) is 5. The van der Waals surface area contributed by atoms with E-state index in [0.29, 0.717) is 22.9 Å². The number of anilines is 1. The van der Waals surface area contributed by atoms with Gasteiger partial charge in [-0.1, -0.05) is 66.2 Å². The maximum atomic E-state index is 14.1. The number of nitrogens with one attached hydrogen (secondary N) is 1. The third-order valence-electron chi connectivity index (χ3n) is 6.06. The van der Waals surface area contributed by atoms with Crippen LogP contribution in [0.4, 0.5) is 5.69 Å². The molecule has 0 aliphatic heterocycles. The van der Waals surface area contributed by atoms with Crippen molar-refractivity contribution in [2.75, 3.05) is 23.7 Å². The smallest absolute Gasteiger partial charge is 0.244 e. The monoisotopic (exact) mass is 585 g/mol. The molecule has 0 aliphatic rings. The number of benzene rings is 3. The van der Waals surface area contributed by atoms with Gasteiger partial charge in [0.1, 0.15) is 18.3 Å². The molecule has 0 saturated carbocycles. The largest absolute Gasteiger partial charge is 0.492 e. The van der Waals surface area contributed by atoms with Gasteiger partial charge in [0.15, 0.2) is 0 Å². The molecule has 3 aromatic carbocycles. The molecule has 214 valence electrons. The second kappa shape index (κ2) is 14.2. The zero-order valence-electron chi connectivity index (χ0n) is 23.2. The van der Waals surface area contributed by atoms with Crippen LogP contribution in [0.25, 0.3) is 0 Å². The first-order valence-corrected chi connectivity index (χ1v) is 15.3. The van der Waals surface area contributed by atoms with Gasteiger partial charge in [0.25, 0.3) is 0 Å². The van der Waals surface area contributed by atoms with Gasteiger partial charge in [-0.3, -0.25) is 13.9 Å². The molecule has 0 aliphatic carbocycles. The van der Waals surface area contributed by atoms with E-state index < -0.39 is 28.5 Å². The predicted molar refractivity (Wildman–Crippen MR) is 159 cm³/mol. The highest BCUT2D eigenvalue weighted by Crippen LogP contribution is 2.30. The molecule has 10 heteroatoms. The summed E-state index contributed by atoms with van der Waals surface area (Å²) in [7, 11) is -3.91. The first kappa shape index (κ1) is 31.0. The van der Waals surface area contributed by atoms with Gasteiger partial charge in [-0.25, -0.2) is 8.42 Å². The van der Waals surface area contributed by atoms with Crippen LogP contribution < -0.4 is 14.4 Å². The molecular formula is C30H36ClN3O5S. The second-order valence-corrected chi connectivity index (χ2v) is 12.0. The molecule has 40 heavy (non-hydrogen) atoms. The summed E-state index contributed by atoms with van der Waals surface area (Å²) in [6.07, 6.45) is 1.28. The molecule has 0 unspecified atom stereocenters. The Balaban J connectivity index is 2.08. The lowest BCUT2D eigenvalue weighted by molar-refractivity contribution is -0.140. The van der Waals surface area contributed by atoms with Crippen LogP contribution in [-0.2, 0) is 32.6 Å². The SMILES string of the molecule is CCOc1ccccc1N(CC(=O)N(Cc1cccc(Cl)c1)[C@@H](Cc1ccccc1)C(=O)NC(C)C)S(C)(=O)=O. The van der Waals surface area contributed by atoms with Crippen molar-refractivity contribution < 1.29 is 22.7 Å². The molecule has 0 radical (unpaired) electrons. The van der Waals surface area contributed by atoms with E-state index >= 15 is 0 Å². The number of carbonyl (C=O) groups excluding carboxylic acids is 2. The van der Waals surface area contributed by atoms with Crippen LogP contribution in [0.15, 0.2) is 78.9 Å². The standard InChI is InChI=1S/C30H36ClN3O5S/c1-5-39-28-17-10-9-16-26(28)34(40(4,37)38)21-29(35)33(20-24-14-11-15-25(31)18-24)27(30(36)32-22(2)3)19-23-12-7-6-8-13-23/h6-18,22,27H,5,19-21H2,1-4H3,(H,32,36)/t27-/m0/s1. The summed E-state index contributed by atoms with van der Waals surface area (Å²) in [6.45, 7) is 5.32. The quantitative estimate of drug-likeness (QED) is 0.314. The zero-order chi connectivity index (χ0) is 29.3. The molecule has 0 spiro atoms. The molecule has 0 fully saturated rings. The van der Waals surface area contributed by atoms with E-state index in [0.717, 1.165) is 16.1 Å². The van der Waals surface area contributed by atoms with Crippen molar-refractivity contribution in [3.63, 3.8) is 0 Å². The molecule has 3 aromatic rings. The normalized spacial score (nSPS) is 12.1. The van der Waals surface area contributed by atoms with Gasteiger partial charge in [0.2, 0.25) is 21.8 Å². The van der Waals surface area contributed by atoms with Crippen molar-refractivity contribution in [2.24, 2.45) is 0 Å². The topological polar surface area (TPSA) is 96.0 Å². The van der Waals surface area contributed by atoms with Gasteiger partial charge < -0.3 is 15.0 Å². The van der Waals surface area contributed by atoms with Crippen LogP contribution in [0.1, 0.15) is 31.9 Å². The number of hydrogen-bond donors (Lipinski definition) is 1. The van der Waals surface area contributed by atoms with Crippen LogP contribution in [0.3, 0.4) is 0 Å². The van der Waals surface area contributed by atoms with Crippen LogP contribution in [0.2, 0.25) is 5.02 Å². The number of para-hydroxylation sites is 2. The van der Waals surface area contributed by atoms with Gasteiger partial charge in [0, 0.05) is 24.0 Å². The van der Waals surface area contributed by atoms with Gasteiger partial charge in [-0.15, -0.1) is 0 Å². The molecule has 0 saturated heterocycles. The molecule has 1 N–H and O–H groups in total. The highest BCUT2D eigenvalue weighted by Gasteiger charge is 2.34. The van der Waals surface area contributed by atoms with E-state index in [1.165, 1.54) is 4.90 Å². The number of ether oxygens (including phenoxy) is 1. The molecule has 0 bridgehead atoms. The van der Waals surface area contributed by atoms with E-state index in [1.807, 2.05) is 50.2 Å². The summed E-state index contributed by atoms with van der Waals surface area (Å²) in [5.41, 5.74) is 1.81. The maximum absolute atomic E-state index is 14.1. The Morgan fingerprint density at radius 2 is 1.60 bits per heavy atom. The molecule has 0 aromatic heterocycles. The van der Waals surface area contributed by atoms with Crippen molar-refractivity contribution in [3.8, 4) is 5.75 Å². The fourth-order valence-electron chi connectivity index (χ4n) is 4.30. The minimum atomic E-state index is -3.91. The first-order chi connectivity index (χ1) is 19.0. The first-order valence-electron chi connectivity index (χ1n) is 13.1. The van der Waals surface area contributed by atoms with E-state index in [2.05, 4.69) is 5.32 Å². The minimum Gasteiger partial charge on any atom is -0.492 e. The van der Waals surface area contributed by atoms with E-state index in [-0.39, 0.29) is 30.6 Å². The van der Waals surface area contributed by atoms with Gasteiger partial charge in [-0.05, 0) is 56.2 Å². The van der Waals surface area contributed by atoms with E-state index in [1.54, 1.807) is 49.4 Å². The Labute approximate surface area is 241 Å². The fourth-order valence-corrected chi connectivity index (χ4v) is 5.37. The number of nitrogens with zero attached hydrogens (tertiary/aromatic N) is 2. The molecule has 1 atom stereocenters. The van der Waals surface area contributed by atoms with Gasteiger partial charge in [-0.2, -0.15) is 0 Å². The predicted octanol–water partition coefficient (Wildman–Crippen LogP) is 4.67. The fraction of sp³-hybridized carbons (Fsp3) is 0.333. The summed E-state index contributed by atoms with van der Waals surface area (Å²) < 4.78 is 32.7. The Kier molecular flexibility index (Phi) is 11.0. The van der Waals surface area contributed by atoms with Crippen molar-refractivity contribution in [2.45, 2.75) is 45.8 Å². The molecule has 2 amide bonds. The highest BCUT2D eigenvalue weighted by atomic mass is 35.5. The van der Waals surface area contributed by atoms with Crippen molar-refractivity contribution in [3.05, 3.63) is 95.0 Å². The lowest BCUT2D eigenvalue weighted by Gasteiger charge is -2.34. The zero-order valence-corrected chi connectivity index (χ0v) is 24.8. The summed E-state index contributed by atoms with van der Waals surface area (Å²) >= 11 is 6.24. The van der Waals surface area contributed by atoms with Crippen LogP contribution in [0, 0.1) is 0 Å². The van der Waals surface area contributed by atoms with Gasteiger partial charge >= 0.3 is 0 Å². The number of rotatable bonds is 13. The van der Waals surface area contributed by atoms with Crippen molar-refractivity contribution in [1.82, 2.24) is 10.2 Å². The second-order valence-electron chi connectivity index (χ2n) is 9.69. The summed E-state index contributed by atoms with van der Waals surface area (Å²) in [5.74, 6) is -0.547. The Morgan fingerprint density at radius 3 is 2.23 bits per heavy atom. The van der Waals surface area contributed by atoms with Crippen LogP contribution in [0.5, 0.6) is 5.75 Å². The van der Waals surface area contributed by atoms with E-state index in [4.69, 9.17) is 16.3 Å². The Morgan fingerprint density at radius 1 is 0.950 bits per heavy atom. The average molecular weight is 586 g/mol. The lowest BCUT2D eigenvalue weighted by Crippen LogP contribution is -2.54. The lowest BCUT2D eigenvalue weighted by atomic mass is 10.0. The third kappa shape index (κ3) is 8.72. The number of sulfonamides is 1. The van der Waals surface area contributed by atoms with Crippen LogP contribution in [-0.4, -0.2) is 56.6 Å². The Hall–Kier alpha value is -3.56.